The predicted octanol–water partition coefficient (Wildman–Crippen LogP) is 11.8. The molecule has 0 heterocycles. The Balaban J connectivity index is 1.67. The second kappa shape index (κ2) is 18.2. The molecule has 2 amide bonds. The summed E-state index contributed by atoms with van der Waals surface area (Å²) >= 11 is -5.10. The summed E-state index contributed by atoms with van der Waals surface area (Å²) in [4.78, 5) is 31.8. The molecule has 0 spiro atoms. The Kier molecular flexibility index (Phi) is 13.5. The molecule has 2 aliphatic carbocycles. The van der Waals surface area contributed by atoms with E-state index >= 15 is 17.6 Å². The average molecular weight is 839 g/mol. The standard InChI is InChI=1S/2C20H22F2NO.2C5H5.Ti/c2*1-4-12-20(2,3)19(24)23(14-15-8-6-5-7-9-15)18-13-16(21)10-11-17(18)22;2*1-2-4-5-3-1;/h2*5-10,13H,4,12,14H2,1-3H3;2*1-3H,4H2;. The van der Waals surface area contributed by atoms with Crippen molar-refractivity contribution < 1.29 is 43.7 Å². The molecular weight excluding hydrogens is 784 g/mol. The number of allylic oxidation sites excluding steroid dienone is 8. The first kappa shape index (κ1) is 43.8. The van der Waals surface area contributed by atoms with Gasteiger partial charge in [-0.2, -0.15) is 0 Å². The third kappa shape index (κ3) is 8.90. The summed E-state index contributed by atoms with van der Waals surface area (Å²) in [6.07, 6.45) is 14.0. The summed E-state index contributed by atoms with van der Waals surface area (Å²) < 4.78 is 71.0. The van der Waals surface area contributed by atoms with E-state index in [0.29, 0.717) is 57.4 Å². The first-order valence-electron chi connectivity index (χ1n) is 20.6. The predicted molar refractivity (Wildman–Crippen MR) is 228 cm³/mol. The summed E-state index contributed by atoms with van der Waals surface area (Å²) in [5.74, 6) is -4.08. The Morgan fingerprint density at radius 3 is 1.29 bits per heavy atom. The molecular formula is C50H54F4N2O2Ti. The zero-order valence-corrected chi connectivity index (χ0v) is 36.5. The topological polar surface area (TPSA) is 40.6 Å². The van der Waals surface area contributed by atoms with Crippen LogP contribution in [0.2, 0.25) is 0 Å². The number of rotatable bonds is 16. The van der Waals surface area contributed by atoms with Crippen molar-refractivity contribution in [2.45, 2.75) is 93.2 Å². The van der Waals surface area contributed by atoms with E-state index < -0.39 is 50.7 Å². The van der Waals surface area contributed by atoms with Gasteiger partial charge in [-0.3, -0.25) is 0 Å². The van der Waals surface area contributed by atoms with Crippen molar-refractivity contribution in [3.63, 3.8) is 0 Å². The number of carbonyl (C=O) groups is 2. The number of hydrogen-bond acceptors (Lipinski definition) is 2. The molecule has 0 bridgehead atoms. The first-order valence-corrected chi connectivity index (χ1v) is 23.7. The van der Waals surface area contributed by atoms with Gasteiger partial charge in [0, 0.05) is 0 Å². The van der Waals surface area contributed by atoms with E-state index in [9.17, 15) is 9.59 Å². The van der Waals surface area contributed by atoms with Gasteiger partial charge in [-0.15, -0.1) is 0 Å². The Labute approximate surface area is 350 Å². The van der Waals surface area contributed by atoms with Crippen LogP contribution in [0.4, 0.5) is 28.9 Å². The third-order valence-electron chi connectivity index (χ3n) is 11.7. The number of hydrogen-bond donors (Lipinski definition) is 0. The average Bonchev–Trinajstić information content (AvgIpc) is 3.96. The van der Waals surface area contributed by atoms with Gasteiger partial charge in [-0.25, -0.2) is 0 Å². The normalized spacial score (nSPS) is 14.1. The molecule has 0 N–H and O–H groups in total. The molecule has 0 aromatic heterocycles. The van der Waals surface area contributed by atoms with E-state index in [1.54, 1.807) is 27.7 Å². The molecule has 0 radical (unpaired) electrons. The molecule has 9 heteroatoms. The van der Waals surface area contributed by atoms with Gasteiger partial charge >= 0.3 is 352 Å². The molecule has 4 aromatic carbocycles. The number of carbonyl (C=O) groups excluding carboxylic acids is 2. The molecule has 0 saturated carbocycles. The molecule has 0 aliphatic heterocycles. The Morgan fingerprint density at radius 2 is 0.966 bits per heavy atom. The van der Waals surface area contributed by atoms with E-state index in [-0.39, 0.29) is 44.0 Å². The van der Waals surface area contributed by atoms with Crippen LogP contribution in [0.5, 0.6) is 0 Å². The van der Waals surface area contributed by atoms with Crippen LogP contribution in [-0.2, 0) is 39.3 Å². The molecule has 0 atom stereocenters. The van der Waals surface area contributed by atoms with Crippen molar-refractivity contribution in [2.75, 3.05) is 9.80 Å². The molecule has 0 unspecified atom stereocenters. The first-order chi connectivity index (χ1) is 28.1. The van der Waals surface area contributed by atoms with Gasteiger partial charge < -0.3 is 0 Å². The summed E-state index contributed by atoms with van der Waals surface area (Å²) in [6.45, 7) is 11.1. The molecule has 6 rings (SSSR count). The van der Waals surface area contributed by atoms with Crippen molar-refractivity contribution in [2.24, 2.45) is 10.8 Å². The minimum atomic E-state index is -5.10. The minimum absolute atomic E-state index is 0.0380. The van der Waals surface area contributed by atoms with Crippen LogP contribution in [0.15, 0.2) is 129 Å². The van der Waals surface area contributed by atoms with Crippen molar-refractivity contribution in [3.8, 4) is 0 Å². The van der Waals surface area contributed by atoms with Crippen molar-refractivity contribution in [3.05, 3.63) is 164 Å². The van der Waals surface area contributed by atoms with Gasteiger partial charge in [0.15, 0.2) is 0 Å². The van der Waals surface area contributed by atoms with E-state index in [4.69, 9.17) is 0 Å². The zero-order valence-electron chi connectivity index (χ0n) is 34.9. The van der Waals surface area contributed by atoms with Gasteiger partial charge in [-0.05, 0) is 0 Å². The molecule has 0 fully saturated rings. The quantitative estimate of drug-likeness (QED) is 0.0833. The molecule has 2 aliphatic rings. The van der Waals surface area contributed by atoms with Gasteiger partial charge in [-0.1, -0.05) is 0 Å². The second-order valence-electron chi connectivity index (χ2n) is 17.0. The molecule has 308 valence electrons. The van der Waals surface area contributed by atoms with Crippen molar-refractivity contribution >= 4 is 30.9 Å². The Bertz CT molecular complexity index is 2150. The van der Waals surface area contributed by atoms with Crippen molar-refractivity contribution in [1.29, 1.82) is 0 Å². The van der Waals surface area contributed by atoms with Gasteiger partial charge in [0.05, 0.1) is 0 Å². The van der Waals surface area contributed by atoms with E-state index in [2.05, 4.69) is 0 Å². The van der Waals surface area contributed by atoms with Gasteiger partial charge in [0.1, 0.15) is 0 Å². The zero-order chi connectivity index (χ0) is 42.5. The maximum atomic E-state index is 18.3. The maximum absolute atomic E-state index is 18.3. The summed E-state index contributed by atoms with van der Waals surface area (Å²) in [6, 6.07) is 22.6. The SMILES string of the molecule is CCCC(C)(C)C(=O)N(Cc1ccccc1)c1cc(F)c[c]([Ti]([C]2=CC=CC2)([C]2=CC=CC2)[c]2cc(F)cc(N(Cc3ccccc3)C(=O)C(C)(C)CCC)c2F)c1F. The number of anilines is 2. The molecule has 59 heavy (non-hydrogen) atoms. The van der Waals surface area contributed by atoms with Crippen LogP contribution < -0.4 is 17.5 Å². The summed E-state index contributed by atoms with van der Waals surface area (Å²) in [5, 5.41) is 0. The second-order valence-corrected chi connectivity index (χ2v) is 23.0. The van der Waals surface area contributed by atoms with E-state index in [0.717, 1.165) is 24.3 Å². The Morgan fingerprint density at radius 1 is 0.593 bits per heavy atom. The van der Waals surface area contributed by atoms with Crippen molar-refractivity contribution in [1.82, 2.24) is 0 Å². The fraction of sp³-hybridized carbons (Fsp3) is 0.320. The number of nitrogens with zero attached hydrogens (tertiary/aromatic N) is 2. The molecule has 0 saturated heterocycles. The van der Waals surface area contributed by atoms with Crippen LogP contribution in [0.25, 0.3) is 0 Å². The molecule has 4 aromatic rings. The van der Waals surface area contributed by atoms with E-state index in [1.165, 1.54) is 9.80 Å². The van der Waals surface area contributed by atoms with Crippen LogP contribution >= 0.6 is 0 Å². The van der Waals surface area contributed by atoms with Gasteiger partial charge in [0.2, 0.25) is 0 Å². The van der Waals surface area contributed by atoms with Crippen LogP contribution in [0.1, 0.15) is 91.2 Å². The number of benzene rings is 4. The van der Waals surface area contributed by atoms with Crippen LogP contribution in [0, 0.1) is 34.1 Å². The fourth-order valence-corrected chi connectivity index (χ4v) is 17.0. The van der Waals surface area contributed by atoms with E-state index in [1.807, 2.05) is 111 Å². The van der Waals surface area contributed by atoms with Crippen LogP contribution in [-0.4, -0.2) is 11.8 Å². The summed E-state index contributed by atoms with van der Waals surface area (Å²) in [5.41, 5.74) is -0.949. The fourth-order valence-electron chi connectivity index (χ4n) is 8.84. The van der Waals surface area contributed by atoms with Crippen LogP contribution in [0.3, 0.4) is 0 Å². The van der Waals surface area contributed by atoms with Gasteiger partial charge in [0.25, 0.3) is 0 Å². The number of amides is 2. The number of halogens is 4. The monoisotopic (exact) mass is 838 g/mol. The summed E-state index contributed by atoms with van der Waals surface area (Å²) in [7, 11) is 0. The Hall–Kier alpha value is -4.79. The third-order valence-corrected chi connectivity index (χ3v) is 19.5. The molecule has 4 nitrogen and oxygen atoms in total.